The number of para-hydroxylation sites is 3. The van der Waals surface area contributed by atoms with Crippen LogP contribution in [-0.2, 0) is 17.9 Å². The van der Waals surface area contributed by atoms with E-state index < -0.39 is 0 Å². The maximum atomic E-state index is 12.7. The van der Waals surface area contributed by atoms with Crippen molar-refractivity contribution in [2.45, 2.75) is 20.0 Å². The maximum Gasteiger partial charge on any atom is 0.251 e. The van der Waals surface area contributed by atoms with E-state index in [4.69, 9.17) is 11.6 Å². The Balaban J connectivity index is 1.55. The first-order valence-corrected chi connectivity index (χ1v) is 10.2. The molecule has 0 aliphatic rings. The monoisotopic (exact) mass is 432 g/mol. The van der Waals surface area contributed by atoms with E-state index in [9.17, 15) is 9.59 Å². The van der Waals surface area contributed by atoms with E-state index in [2.05, 4.69) is 15.6 Å². The van der Waals surface area contributed by atoms with Crippen molar-refractivity contribution in [3.05, 3.63) is 94.8 Å². The number of benzene rings is 3. The van der Waals surface area contributed by atoms with Crippen LogP contribution in [-0.4, -0.2) is 21.4 Å². The number of anilines is 1. The summed E-state index contributed by atoms with van der Waals surface area (Å²) in [7, 11) is 0. The van der Waals surface area contributed by atoms with Gasteiger partial charge >= 0.3 is 0 Å². The Morgan fingerprint density at radius 1 is 1.00 bits per heavy atom. The fourth-order valence-corrected chi connectivity index (χ4v) is 3.56. The molecule has 0 aliphatic heterocycles. The molecule has 0 radical (unpaired) electrons. The molecule has 31 heavy (non-hydrogen) atoms. The zero-order valence-corrected chi connectivity index (χ0v) is 17.7. The quantitative estimate of drug-likeness (QED) is 0.468. The van der Waals surface area contributed by atoms with Crippen molar-refractivity contribution in [2.24, 2.45) is 0 Å². The molecule has 7 heteroatoms. The molecule has 0 atom stereocenters. The number of aryl methyl sites for hydroxylation is 1. The molecule has 1 aromatic heterocycles. The molecule has 4 aromatic rings. The average molecular weight is 433 g/mol. The van der Waals surface area contributed by atoms with Crippen LogP contribution in [0.15, 0.2) is 72.8 Å². The molecule has 0 saturated carbocycles. The molecule has 0 bridgehead atoms. The van der Waals surface area contributed by atoms with Gasteiger partial charge in [0, 0.05) is 5.56 Å². The first-order chi connectivity index (χ1) is 15.0. The SMILES string of the molecule is Cc1cccc(C(=O)NCc2nc3ccccc3n2CC(=O)Nc2ccccc2Cl)c1. The Morgan fingerprint density at radius 3 is 2.58 bits per heavy atom. The zero-order chi connectivity index (χ0) is 21.8. The van der Waals surface area contributed by atoms with E-state index in [1.54, 1.807) is 34.9 Å². The van der Waals surface area contributed by atoms with Crippen LogP contribution in [0.4, 0.5) is 5.69 Å². The van der Waals surface area contributed by atoms with E-state index in [1.807, 2.05) is 49.4 Å². The van der Waals surface area contributed by atoms with Gasteiger partial charge in [-0.25, -0.2) is 4.98 Å². The van der Waals surface area contributed by atoms with E-state index in [1.165, 1.54) is 0 Å². The van der Waals surface area contributed by atoms with Crippen molar-refractivity contribution in [3.8, 4) is 0 Å². The van der Waals surface area contributed by atoms with E-state index in [0.29, 0.717) is 22.1 Å². The van der Waals surface area contributed by atoms with Crippen molar-refractivity contribution >= 4 is 40.1 Å². The highest BCUT2D eigenvalue weighted by molar-refractivity contribution is 6.33. The Hall–Kier alpha value is -3.64. The highest BCUT2D eigenvalue weighted by Crippen LogP contribution is 2.21. The number of hydrogen-bond acceptors (Lipinski definition) is 3. The van der Waals surface area contributed by atoms with Gasteiger partial charge in [-0.1, -0.05) is 53.6 Å². The normalized spacial score (nSPS) is 10.8. The molecule has 0 aliphatic carbocycles. The van der Waals surface area contributed by atoms with Crippen LogP contribution in [0.25, 0.3) is 11.0 Å². The van der Waals surface area contributed by atoms with Gasteiger partial charge in [0.05, 0.1) is 28.3 Å². The van der Waals surface area contributed by atoms with Crippen LogP contribution in [0.3, 0.4) is 0 Å². The second-order valence-electron chi connectivity index (χ2n) is 7.18. The predicted molar refractivity (Wildman–Crippen MR) is 122 cm³/mol. The van der Waals surface area contributed by atoms with Crippen LogP contribution in [0.5, 0.6) is 0 Å². The van der Waals surface area contributed by atoms with Crippen molar-refractivity contribution in [2.75, 3.05) is 5.32 Å². The molecule has 2 amide bonds. The van der Waals surface area contributed by atoms with Gasteiger partial charge in [0.1, 0.15) is 12.4 Å². The number of rotatable bonds is 6. The summed E-state index contributed by atoms with van der Waals surface area (Å²) in [6.07, 6.45) is 0. The molecule has 3 aromatic carbocycles. The molecular formula is C24H21ClN4O2. The lowest BCUT2D eigenvalue weighted by Crippen LogP contribution is -2.26. The highest BCUT2D eigenvalue weighted by atomic mass is 35.5. The lowest BCUT2D eigenvalue weighted by atomic mass is 10.1. The molecule has 1 heterocycles. The number of fused-ring (bicyclic) bond motifs is 1. The zero-order valence-electron chi connectivity index (χ0n) is 16.9. The third-order valence-corrected chi connectivity index (χ3v) is 5.20. The van der Waals surface area contributed by atoms with Gasteiger partial charge in [-0.15, -0.1) is 0 Å². The molecule has 6 nitrogen and oxygen atoms in total. The summed E-state index contributed by atoms with van der Waals surface area (Å²) in [6, 6.07) is 22.0. The molecule has 0 saturated heterocycles. The maximum absolute atomic E-state index is 12.7. The number of imidazole rings is 1. The van der Waals surface area contributed by atoms with Gasteiger partial charge < -0.3 is 15.2 Å². The predicted octanol–water partition coefficient (Wildman–Crippen LogP) is 4.57. The number of carbonyl (C=O) groups excluding carboxylic acids is 2. The van der Waals surface area contributed by atoms with Gasteiger partial charge in [0.25, 0.3) is 5.91 Å². The van der Waals surface area contributed by atoms with Crippen LogP contribution in [0.1, 0.15) is 21.7 Å². The van der Waals surface area contributed by atoms with Gasteiger partial charge in [-0.3, -0.25) is 9.59 Å². The summed E-state index contributed by atoms with van der Waals surface area (Å²) >= 11 is 6.15. The highest BCUT2D eigenvalue weighted by Gasteiger charge is 2.15. The third-order valence-electron chi connectivity index (χ3n) is 4.87. The number of halogens is 1. The van der Waals surface area contributed by atoms with Crippen LogP contribution < -0.4 is 10.6 Å². The minimum absolute atomic E-state index is 0.0430. The Morgan fingerprint density at radius 2 is 1.77 bits per heavy atom. The van der Waals surface area contributed by atoms with Gasteiger partial charge in [-0.05, 0) is 43.3 Å². The summed E-state index contributed by atoms with van der Waals surface area (Å²) in [5, 5.41) is 6.20. The molecule has 2 N–H and O–H groups in total. The first-order valence-electron chi connectivity index (χ1n) is 9.84. The molecule has 0 fully saturated rings. The second kappa shape index (κ2) is 9.02. The van der Waals surface area contributed by atoms with Gasteiger partial charge in [-0.2, -0.15) is 0 Å². The molecular weight excluding hydrogens is 412 g/mol. The standard InChI is InChI=1S/C24H21ClN4O2/c1-16-7-6-8-17(13-16)24(31)26-14-22-27-20-11-4-5-12-21(20)29(22)15-23(30)28-19-10-3-2-9-18(19)25/h2-13H,14-15H2,1H3,(H,26,31)(H,28,30). The minimum atomic E-state index is -0.234. The van der Waals surface area contributed by atoms with Crippen LogP contribution in [0, 0.1) is 6.92 Å². The lowest BCUT2D eigenvalue weighted by Gasteiger charge is -2.12. The number of hydrogen-bond donors (Lipinski definition) is 2. The van der Waals surface area contributed by atoms with Crippen LogP contribution >= 0.6 is 11.6 Å². The summed E-state index contributed by atoms with van der Waals surface area (Å²) in [5.41, 5.74) is 3.72. The summed E-state index contributed by atoms with van der Waals surface area (Å²) in [4.78, 5) is 29.9. The van der Waals surface area contributed by atoms with Gasteiger partial charge in [0.2, 0.25) is 5.91 Å². The van der Waals surface area contributed by atoms with E-state index in [0.717, 1.165) is 16.6 Å². The topological polar surface area (TPSA) is 76.0 Å². The van der Waals surface area contributed by atoms with Crippen molar-refractivity contribution in [3.63, 3.8) is 0 Å². The fourth-order valence-electron chi connectivity index (χ4n) is 3.38. The number of carbonyl (C=O) groups is 2. The van der Waals surface area contributed by atoms with Crippen LogP contribution in [0.2, 0.25) is 5.02 Å². The fraction of sp³-hybridized carbons (Fsp3) is 0.125. The first kappa shape index (κ1) is 20.6. The molecule has 0 unspecified atom stereocenters. The minimum Gasteiger partial charge on any atom is -0.345 e. The largest absolute Gasteiger partial charge is 0.345 e. The Kier molecular flexibility index (Phi) is 6.00. The Bertz CT molecular complexity index is 1270. The molecule has 156 valence electrons. The van der Waals surface area contributed by atoms with Crippen molar-refractivity contribution in [1.29, 1.82) is 0 Å². The lowest BCUT2D eigenvalue weighted by molar-refractivity contribution is -0.116. The summed E-state index contributed by atoms with van der Waals surface area (Å²) in [5.74, 6) is 0.168. The number of amides is 2. The number of aromatic nitrogens is 2. The summed E-state index contributed by atoms with van der Waals surface area (Å²) in [6.45, 7) is 2.18. The summed E-state index contributed by atoms with van der Waals surface area (Å²) < 4.78 is 1.80. The smallest absolute Gasteiger partial charge is 0.251 e. The van der Waals surface area contributed by atoms with E-state index in [-0.39, 0.29) is 24.9 Å². The molecule has 4 rings (SSSR count). The number of nitrogens with zero attached hydrogens (tertiary/aromatic N) is 2. The van der Waals surface area contributed by atoms with Gasteiger partial charge in [0.15, 0.2) is 0 Å². The van der Waals surface area contributed by atoms with Crippen molar-refractivity contribution in [1.82, 2.24) is 14.9 Å². The number of nitrogens with one attached hydrogen (secondary N) is 2. The Labute approximate surface area is 184 Å². The third kappa shape index (κ3) is 4.75. The van der Waals surface area contributed by atoms with Crippen molar-refractivity contribution < 1.29 is 9.59 Å². The second-order valence-corrected chi connectivity index (χ2v) is 7.59. The molecule has 0 spiro atoms. The average Bonchev–Trinajstić information content (AvgIpc) is 3.11. The van der Waals surface area contributed by atoms with E-state index >= 15 is 0 Å².